The largest absolute Gasteiger partial charge is 0.478 e. The molecule has 0 bridgehead atoms. The molecule has 1 unspecified atom stereocenters. The number of aliphatic hydroxyl groups is 1. The fourth-order valence-electron chi connectivity index (χ4n) is 3.41. The van der Waals surface area contributed by atoms with Crippen LogP contribution in [0.5, 0.6) is 0 Å². The Morgan fingerprint density at radius 2 is 1.69 bits per heavy atom. The molecule has 1 rings (SSSR count). The second kappa shape index (κ2) is 13.6. The number of hydrogen-bond acceptors (Lipinski definition) is 4. The number of carbonyl (C=O) groups excluding carboxylic acids is 1. The molecule has 0 fully saturated rings. The second-order valence-corrected chi connectivity index (χ2v) is 8.64. The zero-order valence-electron chi connectivity index (χ0n) is 19.8. The second-order valence-electron chi connectivity index (χ2n) is 8.64. The van der Waals surface area contributed by atoms with E-state index in [1.807, 2.05) is 32.9 Å². The van der Waals surface area contributed by atoms with Crippen LogP contribution in [0.1, 0.15) is 72.6 Å². The van der Waals surface area contributed by atoms with Gasteiger partial charge in [0.15, 0.2) is 5.78 Å². The third-order valence-electron chi connectivity index (χ3n) is 5.36. The lowest BCUT2D eigenvalue weighted by molar-refractivity contribution is -0.132. The van der Waals surface area contributed by atoms with Crippen LogP contribution in [0.15, 0.2) is 70.4 Å². The molecule has 0 radical (unpaired) electrons. The molecular weight excluding hydrogens is 402 g/mol. The predicted molar refractivity (Wildman–Crippen MR) is 131 cm³/mol. The molecule has 0 saturated carbocycles. The first-order valence-electron chi connectivity index (χ1n) is 11.1. The number of hydrogen-bond donors (Lipinski definition) is 3. The van der Waals surface area contributed by atoms with Crippen LogP contribution >= 0.6 is 0 Å². The molecule has 0 spiro atoms. The SMILES string of the molecule is C=C(CC/C=C(\C)CC/C=C(/CCC=C(C)C)C(=O)O)C(O)CC1=CC(=N)C=C(C)C1=O. The lowest BCUT2D eigenvalue weighted by Gasteiger charge is -2.17. The smallest absolute Gasteiger partial charge is 0.331 e. The van der Waals surface area contributed by atoms with Crippen molar-refractivity contribution in [2.45, 2.75) is 78.7 Å². The Labute approximate surface area is 192 Å². The minimum absolute atomic E-state index is 0.127. The summed E-state index contributed by atoms with van der Waals surface area (Å²) in [6.45, 7) is 11.7. The van der Waals surface area contributed by atoms with Gasteiger partial charge in [-0.1, -0.05) is 36.0 Å². The number of ketones is 1. The van der Waals surface area contributed by atoms with E-state index in [9.17, 15) is 19.8 Å². The molecule has 1 aliphatic carbocycles. The maximum atomic E-state index is 12.2. The minimum atomic E-state index is -0.855. The summed E-state index contributed by atoms with van der Waals surface area (Å²) in [4.78, 5) is 23.6. The van der Waals surface area contributed by atoms with Crippen molar-refractivity contribution in [2.75, 3.05) is 0 Å². The van der Waals surface area contributed by atoms with Gasteiger partial charge >= 0.3 is 5.97 Å². The highest BCUT2D eigenvalue weighted by molar-refractivity contribution is 6.20. The monoisotopic (exact) mass is 439 g/mol. The van der Waals surface area contributed by atoms with E-state index in [-0.39, 0.29) is 17.9 Å². The molecule has 0 heterocycles. The number of aliphatic carboxylic acids is 1. The van der Waals surface area contributed by atoms with Crippen molar-refractivity contribution >= 4 is 17.5 Å². The van der Waals surface area contributed by atoms with Crippen LogP contribution in [0, 0.1) is 5.41 Å². The van der Waals surface area contributed by atoms with Crippen LogP contribution in [-0.4, -0.2) is 33.8 Å². The third-order valence-corrected chi connectivity index (χ3v) is 5.36. The predicted octanol–water partition coefficient (Wildman–Crippen LogP) is 6.03. The van der Waals surface area contributed by atoms with Gasteiger partial charge in [0.25, 0.3) is 0 Å². The van der Waals surface area contributed by atoms with E-state index < -0.39 is 12.1 Å². The van der Waals surface area contributed by atoms with E-state index in [0.717, 1.165) is 24.8 Å². The maximum Gasteiger partial charge on any atom is 0.331 e. The van der Waals surface area contributed by atoms with E-state index in [1.54, 1.807) is 6.92 Å². The standard InChI is InChI=1S/C27H37NO4/c1-18(2)9-6-13-22(27(31)32)14-8-11-19(3)10-7-12-20(4)25(29)17-23-16-24(28)15-21(5)26(23)30/h9-10,14-16,25,28-29H,4,6-8,11-13,17H2,1-3,5H3,(H,31,32)/b19-10+,22-14-,28-24?. The average molecular weight is 440 g/mol. The van der Waals surface area contributed by atoms with Crippen molar-refractivity contribution in [3.63, 3.8) is 0 Å². The fraction of sp³-hybridized carbons (Fsp3) is 0.444. The van der Waals surface area contributed by atoms with Gasteiger partial charge in [0.05, 0.1) is 11.8 Å². The first-order chi connectivity index (χ1) is 15.0. The highest BCUT2D eigenvalue weighted by atomic mass is 16.4. The van der Waals surface area contributed by atoms with Gasteiger partial charge in [0, 0.05) is 17.6 Å². The molecule has 32 heavy (non-hydrogen) atoms. The van der Waals surface area contributed by atoms with Crippen LogP contribution in [0.4, 0.5) is 0 Å². The van der Waals surface area contributed by atoms with E-state index in [1.165, 1.54) is 17.7 Å². The van der Waals surface area contributed by atoms with Crippen molar-refractivity contribution in [1.82, 2.24) is 0 Å². The molecule has 0 aromatic carbocycles. The summed E-state index contributed by atoms with van der Waals surface area (Å²) in [5, 5.41) is 27.5. The highest BCUT2D eigenvalue weighted by Crippen LogP contribution is 2.22. The van der Waals surface area contributed by atoms with Gasteiger partial charge in [0.2, 0.25) is 0 Å². The van der Waals surface area contributed by atoms with Gasteiger partial charge in [-0.25, -0.2) is 4.79 Å². The topological polar surface area (TPSA) is 98.4 Å². The van der Waals surface area contributed by atoms with Crippen molar-refractivity contribution in [3.05, 3.63) is 70.4 Å². The van der Waals surface area contributed by atoms with Gasteiger partial charge in [0.1, 0.15) is 0 Å². The minimum Gasteiger partial charge on any atom is -0.478 e. The first-order valence-corrected chi connectivity index (χ1v) is 11.1. The number of carboxylic acids is 1. The van der Waals surface area contributed by atoms with Crippen LogP contribution in [-0.2, 0) is 9.59 Å². The third kappa shape index (κ3) is 10.0. The summed E-state index contributed by atoms with van der Waals surface area (Å²) in [6.07, 6.45) is 12.4. The Hall–Kier alpha value is -2.79. The summed E-state index contributed by atoms with van der Waals surface area (Å²) < 4.78 is 0. The van der Waals surface area contributed by atoms with Crippen LogP contribution < -0.4 is 0 Å². The first kappa shape index (κ1) is 27.2. The summed E-state index contributed by atoms with van der Waals surface area (Å²) in [5.74, 6) is -0.982. The van der Waals surface area contributed by atoms with Crippen molar-refractivity contribution in [2.24, 2.45) is 0 Å². The molecule has 0 amide bonds. The van der Waals surface area contributed by atoms with E-state index >= 15 is 0 Å². The highest BCUT2D eigenvalue weighted by Gasteiger charge is 2.21. The molecule has 1 aliphatic rings. The Balaban J connectivity index is 2.48. The summed E-state index contributed by atoms with van der Waals surface area (Å²) >= 11 is 0. The van der Waals surface area contributed by atoms with E-state index in [4.69, 9.17) is 5.41 Å². The van der Waals surface area contributed by atoms with Gasteiger partial charge in [-0.2, -0.15) is 0 Å². The van der Waals surface area contributed by atoms with Gasteiger partial charge in [-0.05, 0) is 89.5 Å². The lowest BCUT2D eigenvalue weighted by atomic mass is 9.90. The summed E-state index contributed by atoms with van der Waals surface area (Å²) in [7, 11) is 0. The molecule has 0 saturated heterocycles. The maximum absolute atomic E-state index is 12.2. The number of aliphatic hydroxyl groups excluding tert-OH is 1. The zero-order chi connectivity index (χ0) is 24.3. The van der Waals surface area contributed by atoms with Gasteiger partial charge in [-0.15, -0.1) is 0 Å². The number of rotatable bonds is 13. The summed E-state index contributed by atoms with van der Waals surface area (Å²) in [6, 6.07) is 0. The average Bonchev–Trinajstić information content (AvgIpc) is 2.69. The molecule has 5 nitrogen and oxygen atoms in total. The van der Waals surface area contributed by atoms with Crippen molar-refractivity contribution in [1.29, 1.82) is 5.41 Å². The van der Waals surface area contributed by atoms with Gasteiger partial charge < -0.3 is 15.6 Å². The summed E-state index contributed by atoms with van der Waals surface area (Å²) in [5.41, 5.74) is 4.70. The molecule has 0 aliphatic heterocycles. The van der Waals surface area contributed by atoms with E-state index in [2.05, 4.69) is 12.7 Å². The Bertz CT molecular complexity index is 893. The Kier molecular flexibility index (Phi) is 11.6. The molecular formula is C27H37NO4. The number of carbonyl (C=O) groups is 2. The Morgan fingerprint density at radius 1 is 1.06 bits per heavy atom. The normalized spacial score (nSPS) is 15.8. The van der Waals surface area contributed by atoms with Crippen molar-refractivity contribution < 1.29 is 19.8 Å². The van der Waals surface area contributed by atoms with Gasteiger partial charge in [-0.3, -0.25) is 4.79 Å². The lowest BCUT2D eigenvalue weighted by Crippen LogP contribution is -2.19. The number of carboxylic acid groups (broad SMARTS) is 1. The molecule has 5 heteroatoms. The number of Topliss-reactive ketones (excluding diaryl/α,β-unsaturated/α-hetero) is 1. The quantitative estimate of drug-likeness (QED) is 0.185. The number of nitrogens with one attached hydrogen (secondary N) is 1. The zero-order valence-corrected chi connectivity index (χ0v) is 19.8. The molecule has 174 valence electrons. The fourth-order valence-corrected chi connectivity index (χ4v) is 3.41. The van der Waals surface area contributed by atoms with Crippen LogP contribution in [0.3, 0.4) is 0 Å². The van der Waals surface area contributed by atoms with Crippen LogP contribution in [0.2, 0.25) is 0 Å². The Morgan fingerprint density at radius 3 is 2.31 bits per heavy atom. The molecule has 3 N–H and O–H groups in total. The van der Waals surface area contributed by atoms with Crippen molar-refractivity contribution in [3.8, 4) is 0 Å². The van der Waals surface area contributed by atoms with Crippen LogP contribution in [0.25, 0.3) is 0 Å². The molecule has 0 aromatic rings. The molecule has 0 aromatic heterocycles. The van der Waals surface area contributed by atoms with E-state index in [0.29, 0.717) is 41.6 Å². The number of allylic oxidation sites excluding steroid dienone is 8. The molecule has 1 atom stereocenters.